The van der Waals surface area contributed by atoms with Crippen LogP contribution in [0.2, 0.25) is 5.02 Å². The van der Waals surface area contributed by atoms with Gasteiger partial charge in [0, 0.05) is 21.5 Å². The Morgan fingerprint density at radius 2 is 1.97 bits per heavy atom. The summed E-state index contributed by atoms with van der Waals surface area (Å²) in [5.41, 5.74) is 1.07. The van der Waals surface area contributed by atoms with Crippen LogP contribution in [0.25, 0.3) is 10.9 Å². The maximum atomic E-state index is 13.1. The molecule has 3 aromatic rings. The molecule has 1 heterocycles. The maximum Gasteiger partial charge on any atom is 0.282 e. The number of hydrogen-bond donors (Lipinski definition) is 0. The quantitative estimate of drug-likeness (QED) is 0.340. The number of benzene rings is 2. The molecule has 0 spiro atoms. The van der Waals surface area contributed by atoms with Gasteiger partial charge in [-0.2, -0.15) is 9.78 Å². The van der Waals surface area contributed by atoms with Crippen LogP contribution in [0.1, 0.15) is 39.1 Å². The Balaban J connectivity index is 2.10. The zero-order chi connectivity index (χ0) is 22.1. The molecule has 0 bridgehead atoms. The molecule has 0 saturated heterocycles. The molecule has 5 nitrogen and oxygen atoms in total. The summed E-state index contributed by atoms with van der Waals surface area (Å²) in [6, 6.07) is 8.97. The highest BCUT2D eigenvalue weighted by Crippen LogP contribution is 2.33. The van der Waals surface area contributed by atoms with Gasteiger partial charge in [0.1, 0.15) is 11.6 Å². The monoisotopic (exact) mass is 553 g/mol. The minimum Gasteiger partial charge on any atom is -0.491 e. The molecule has 0 aliphatic carbocycles. The first-order valence-electron chi connectivity index (χ1n) is 9.46. The second-order valence-corrected chi connectivity index (χ2v) is 10.3. The number of nitrogens with zero attached hydrogens (tertiary/aromatic N) is 3. The third-order valence-corrected chi connectivity index (χ3v) is 5.49. The van der Waals surface area contributed by atoms with Crippen LogP contribution in [0.15, 0.2) is 49.2 Å². The molecule has 0 atom stereocenters. The average Bonchev–Trinajstić information content (AvgIpc) is 2.65. The van der Waals surface area contributed by atoms with E-state index in [0.29, 0.717) is 46.1 Å². The molecule has 0 saturated carbocycles. The number of aromatic nitrogens is 2. The van der Waals surface area contributed by atoms with E-state index >= 15 is 0 Å². The summed E-state index contributed by atoms with van der Waals surface area (Å²) in [7, 11) is 0. The zero-order valence-electron chi connectivity index (χ0n) is 17.2. The van der Waals surface area contributed by atoms with Gasteiger partial charge < -0.3 is 4.74 Å². The summed E-state index contributed by atoms with van der Waals surface area (Å²) in [6.07, 6.45) is 2.14. The zero-order valence-corrected chi connectivity index (χ0v) is 21.1. The highest BCUT2D eigenvalue weighted by atomic mass is 79.9. The molecule has 0 aliphatic heterocycles. The fourth-order valence-electron chi connectivity index (χ4n) is 2.78. The minimum absolute atomic E-state index is 0.0184. The second-order valence-electron chi connectivity index (χ2n) is 8.06. The molecular weight excluding hydrogens is 534 g/mol. The number of halogens is 3. The molecular formula is C22H22Br2ClN3O2. The van der Waals surface area contributed by atoms with Crippen molar-refractivity contribution in [1.82, 2.24) is 9.66 Å². The highest BCUT2D eigenvalue weighted by Gasteiger charge is 2.16. The molecule has 1 aromatic heterocycles. The van der Waals surface area contributed by atoms with Crippen LogP contribution in [0.4, 0.5) is 0 Å². The smallest absolute Gasteiger partial charge is 0.282 e. The molecule has 0 radical (unpaired) electrons. The lowest BCUT2D eigenvalue weighted by atomic mass is 9.98. The lowest BCUT2D eigenvalue weighted by molar-refractivity contribution is 0.196. The van der Waals surface area contributed by atoms with Gasteiger partial charge in [-0.25, -0.2) is 4.98 Å². The van der Waals surface area contributed by atoms with Crippen LogP contribution in [-0.2, 0) is 6.42 Å². The third kappa shape index (κ3) is 5.31. The van der Waals surface area contributed by atoms with Crippen LogP contribution < -0.4 is 10.3 Å². The van der Waals surface area contributed by atoms with Crippen molar-refractivity contribution in [2.75, 3.05) is 6.61 Å². The van der Waals surface area contributed by atoms with Crippen molar-refractivity contribution in [3.05, 3.63) is 66.0 Å². The Morgan fingerprint density at radius 3 is 2.63 bits per heavy atom. The normalized spacial score (nSPS) is 12.1. The van der Waals surface area contributed by atoms with E-state index < -0.39 is 0 Å². The van der Waals surface area contributed by atoms with E-state index in [4.69, 9.17) is 16.3 Å². The van der Waals surface area contributed by atoms with Crippen LogP contribution in [-0.4, -0.2) is 22.5 Å². The fourth-order valence-corrected chi connectivity index (χ4v) is 4.09. The fraction of sp³-hybridized carbons (Fsp3) is 0.318. The SMILES string of the molecule is CCc1nc2ccc(Br)cc2c(=O)n1N=Cc1cc(Cl)cc(Br)c1OCC(C)(C)C. The first kappa shape index (κ1) is 23.0. The first-order chi connectivity index (χ1) is 14.1. The van der Waals surface area contributed by atoms with Gasteiger partial charge in [-0.05, 0) is 51.7 Å². The molecule has 0 unspecified atom stereocenters. The van der Waals surface area contributed by atoms with E-state index in [1.54, 1.807) is 24.4 Å². The summed E-state index contributed by atoms with van der Waals surface area (Å²) in [5, 5.41) is 5.49. The predicted octanol–water partition coefficient (Wildman–Crippen LogP) is 6.44. The number of fused-ring (bicyclic) bond motifs is 1. The molecule has 8 heteroatoms. The molecule has 30 heavy (non-hydrogen) atoms. The Bertz CT molecular complexity index is 1180. The summed E-state index contributed by atoms with van der Waals surface area (Å²) in [6.45, 7) is 8.73. The largest absolute Gasteiger partial charge is 0.491 e. The van der Waals surface area contributed by atoms with Gasteiger partial charge in [0.25, 0.3) is 5.56 Å². The summed E-state index contributed by atoms with van der Waals surface area (Å²) in [5.74, 6) is 1.20. The molecule has 2 aromatic carbocycles. The van der Waals surface area contributed by atoms with Gasteiger partial charge >= 0.3 is 0 Å². The second kappa shape index (κ2) is 9.20. The van der Waals surface area contributed by atoms with Gasteiger partial charge in [0.05, 0.1) is 28.2 Å². The van der Waals surface area contributed by atoms with Gasteiger partial charge in [-0.1, -0.05) is 55.2 Å². The lowest BCUT2D eigenvalue weighted by Crippen LogP contribution is -2.22. The Morgan fingerprint density at radius 1 is 1.23 bits per heavy atom. The van der Waals surface area contributed by atoms with E-state index in [1.807, 2.05) is 19.1 Å². The van der Waals surface area contributed by atoms with Gasteiger partial charge in [0.2, 0.25) is 0 Å². The van der Waals surface area contributed by atoms with Crippen molar-refractivity contribution in [3.8, 4) is 5.75 Å². The number of hydrogen-bond acceptors (Lipinski definition) is 4. The molecule has 158 valence electrons. The Labute approximate surface area is 197 Å². The number of rotatable bonds is 5. The van der Waals surface area contributed by atoms with Gasteiger partial charge in [-0.3, -0.25) is 4.79 Å². The van der Waals surface area contributed by atoms with E-state index in [-0.39, 0.29) is 11.0 Å². The van der Waals surface area contributed by atoms with Crippen molar-refractivity contribution in [3.63, 3.8) is 0 Å². The van der Waals surface area contributed by atoms with E-state index in [2.05, 4.69) is 62.7 Å². The topological polar surface area (TPSA) is 56.5 Å². The third-order valence-electron chi connectivity index (χ3n) is 4.19. The maximum absolute atomic E-state index is 13.1. The molecule has 0 N–H and O–H groups in total. The molecule has 0 amide bonds. The van der Waals surface area contributed by atoms with Crippen LogP contribution in [0, 0.1) is 5.41 Å². The van der Waals surface area contributed by atoms with Crippen molar-refractivity contribution < 1.29 is 4.74 Å². The first-order valence-corrected chi connectivity index (χ1v) is 11.4. The van der Waals surface area contributed by atoms with Crippen LogP contribution in [0.3, 0.4) is 0 Å². The van der Waals surface area contributed by atoms with E-state index in [9.17, 15) is 4.79 Å². The van der Waals surface area contributed by atoms with Crippen LogP contribution >= 0.6 is 43.5 Å². The summed E-state index contributed by atoms with van der Waals surface area (Å²) < 4.78 is 8.91. The standard InChI is InChI=1S/C22H22Br2ClN3O2/c1-5-19-27-18-7-6-14(23)9-16(18)21(29)28(19)26-11-13-8-15(25)10-17(24)20(13)30-12-22(2,3)4/h6-11H,5,12H2,1-4H3. The van der Waals surface area contributed by atoms with Crippen molar-refractivity contribution in [1.29, 1.82) is 0 Å². The van der Waals surface area contributed by atoms with E-state index in [1.165, 1.54) is 4.68 Å². The predicted molar refractivity (Wildman–Crippen MR) is 130 cm³/mol. The van der Waals surface area contributed by atoms with Gasteiger partial charge in [0.15, 0.2) is 0 Å². The van der Waals surface area contributed by atoms with Crippen molar-refractivity contribution >= 4 is 60.6 Å². The number of ether oxygens (including phenoxy) is 1. The Kier molecular flexibility index (Phi) is 7.05. The summed E-state index contributed by atoms with van der Waals surface area (Å²) in [4.78, 5) is 17.7. The van der Waals surface area contributed by atoms with E-state index in [0.717, 1.165) is 8.95 Å². The van der Waals surface area contributed by atoms with Crippen LogP contribution in [0.5, 0.6) is 5.75 Å². The van der Waals surface area contributed by atoms with Crippen molar-refractivity contribution in [2.24, 2.45) is 10.5 Å². The highest BCUT2D eigenvalue weighted by molar-refractivity contribution is 9.10. The number of aryl methyl sites for hydroxylation is 1. The molecule has 0 fully saturated rings. The lowest BCUT2D eigenvalue weighted by Gasteiger charge is -2.20. The summed E-state index contributed by atoms with van der Waals surface area (Å²) >= 11 is 13.2. The molecule has 0 aliphatic rings. The van der Waals surface area contributed by atoms with Gasteiger partial charge in [-0.15, -0.1) is 0 Å². The Hall–Kier alpha value is -1.70. The van der Waals surface area contributed by atoms with Crippen molar-refractivity contribution in [2.45, 2.75) is 34.1 Å². The molecule has 3 rings (SSSR count). The average molecular weight is 556 g/mol. The minimum atomic E-state index is -0.229.